The Morgan fingerprint density at radius 1 is 0.327 bits per heavy atom. The first-order valence-electron chi connectivity index (χ1n) is 16.5. The molecule has 0 saturated heterocycles. The van der Waals surface area contributed by atoms with Gasteiger partial charge < -0.3 is 0 Å². The fourth-order valence-electron chi connectivity index (χ4n) is 6.57. The van der Waals surface area contributed by atoms with Crippen LogP contribution < -0.4 is 0 Å². The number of benzene rings is 7. The monoisotopic (exact) mass is 642 g/mol. The molecule has 2 aromatic heterocycles. The Morgan fingerprint density at radius 3 is 1.27 bits per heavy atom. The average molecular weight is 643 g/mol. The molecule has 0 fully saturated rings. The first kappa shape index (κ1) is 29.0. The lowest BCUT2D eigenvalue weighted by atomic mass is 9.93. The van der Waals surface area contributed by atoms with Crippen molar-refractivity contribution in [1.82, 2.24) is 9.97 Å². The zero-order valence-corrected chi connectivity index (χ0v) is 27.4. The van der Waals surface area contributed by atoms with Gasteiger partial charge in [-0.3, -0.25) is 0 Å². The number of hydrogen-bond acceptors (Lipinski definition) is 3. The highest BCUT2D eigenvalue weighted by molar-refractivity contribution is 7.26. The van der Waals surface area contributed by atoms with E-state index >= 15 is 0 Å². The molecular weight excluding hydrogens is 613 g/mol. The Hall–Kier alpha value is -6.16. The van der Waals surface area contributed by atoms with Gasteiger partial charge >= 0.3 is 0 Å². The molecule has 0 bridgehead atoms. The third-order valence-corrected chi connectivity index (χ3v) is 10.3. The largest absolute Gasteiger partial charge is 0.226 e. The highest BCUT2D eigenvalue weighted by atomic mass is 32.1. The van der Waals surface area contributed by atoms with E-state index in [9.17, 15) is 0 Å². The molecule has 0 N–H and O–H groups in total. The summed E-state index contributed by atoms with van der Waals surface area (Å²) in [6.07, 6.45) is 0. The van der Waals surface area contributed by atoms with Crippen molar-refractivity contribution in [2.75, 3.05) is 0 Å². The summed E-state index contributed by atoms with van der Waals surface area (Å²) in [5.41, 5.74) is 13.4. The summed E-state index contributed by atoms with van der Waals surface area (Å²) in [5.74, 6) is 0.722. The summed E-state index contributed by atoms with van der Waals surface area (Å²) in [6, 6.07) is 64.5. The molecule has 0 saturated carbocycles. The zero-order valence-electron chi connectivity index (χ0n) is 26.6. The Morgan fingerprint density at radius 2 is 0.735 bits per heavy atom. The maximum Gasteiger partial charge on any atom is 0.160 e. The van der Waals surface area contributed by atoms with Gasteiger partial charge in [0.15, 0.2) is 5.82 Å². The van der Waals surface area contributed by atoms with Crippen molar-refractivity contribution in [2.24, 2.45) is 0 Å². The fraction of sp³-hybridized carbons (Fsp3) is 0. The van der Waals surface area contributed by atoms with Crippen molar-refractivity contribution in [2.45, 2.75) is 0 Å². The SMILES string of the molecule is c1ccc(-c2ccc(-c3cc(-c4ccc(-c5ccccc5)cc4)cc(-c4nc(-c5ccccc5)c5sc6ccccc6c5n4)c3)cc2)cc1. The zero-order chi connectivity index (χ0) is 32.6. The lowest BCUT2D eigenvalue weighted by Crippen LogP contribution is -1.95. The molecule has 0 unspecified atom stereocenters. The Bertz CT molecular complexity index is 2450. The van der Waals surface area contributed by atoms with Gasteiger partial charge in [-0.2, -0.15) is 0 Å². The topological polar surface area (TPSA) is 25.8 Å². The summed E-state index contributed by atoms with van der Waals surface area (Å²) < 4.78 is 2.33. The minimum atomic E-state index is 0.722. The predicted octanol–water partition coefficient (Wildman–Crippen LogP) is 12.8. The van der Waals surface area contributed by atoms with Crippen molar-refractivity contribution >= 4 is 31.6 Å². The summed E-state index contributed by atoms with van der Waals surface area (Å²) >= 11 is 1.76. The van der Waals surface area contributed by atoms with E-state index in [0.717, 1.165) is 60.5 Å². The minimum absolute atomic E-state index is 0.722. The van der Waals surface area contributed by atoms with E-state index in [4.69, 9.17) is 9.97 Å². The van der Waals surface area contributed by atoms with Gasteiger partial charge in [0.1, 0.15) is 0 Å². The lowest BCUT2D eigenvalue weighted by molar-refractivity contribution is 1.24. The Kier molecular flexibility index (Phi) is 7.38. The van der Waals surface area contributed by atoms with Crippen LogP contribution in [0, 0.1) is 0 Å². The molecular formula is C46H30N2S. The molecule has 0 aliphatic rings. The number of fused-ring (bicyclic) bond motifs is 3. The lowest BCUT2D eigenvalue weighted by Gasteiger charge is -2.13. The molecule has 0 radical (unpaired) electrons. The number of hydrogen-bond donors (Lipinski definition) is 0. The molecule has 0 aliphatic carbocycles. The van der Waals surface area contributed by atoms with E-state index in [1.807, 2.05) is 0 Å². The van der Waals surface area contributed by atoms with Gasteiger partial charge in [-0.1, -0.05) is 158 Å². The van der Waals surface area contributed by atoms with Gasteiger partial charge in [0.05, 0.1) is 15.9 Å². The Balaban J connectivity index is 1.23. The molecule has 9 aromatic rings. The van der Waals surface area contributed by atoms with Crippen LogP contribution in [0.4, 0.5) is 0 Å². The van der Waals surface area contributed by atoms with E-state index in [0.29, 0.717) is 0 Å². The van der Waals surface area contributed by atoms with Crippen LogP contribution in [0.15, 0.2) is 182 Å². The van der Waals surface area contributed by atoms with Crippen LogP contribution in [0.2, 0.25) is 0 Å². The van der Waals surface area contributed by atoms with Gasteiger partial charge in [-0.15, -0.1) is 11.3 Å². The number of nitrogens with zero attached hydrogens (tertiary/aromatic N) is 2. The molecule has 230 valence electrons. The van der Waals surface area contributed by atoms with E-state index in [1.54, 1.807) is 11.3 Å². The second-order valence-corrected chi connectivity index (χ2v) is 13.3. The molecule has 3 heteroatoms. The summed E-state index contributed by atoms with van der Waals surface area (Å²) in [4.78, 5) is 10.6. The Labute approximate surface area is 289 Å². The van der Waals surface area contributed by atoms with Crippen LogP contribution >= 0.6 is 11.3 Å². The highest BCUT2D eigenvalue weighted by Crippen LogP contribution is 2.40. The molecule has 0 spiro atoms. The number of thiophene rings is 1. The molecule has 0 aliphatic heterocycles. The van der Waals surface area contributed by atoms with E-state index < -0.39 is 0 Å². The minimum Gasteiger partial charge on any atom is -0.226 e. The van der Waals surface area contributed by atoms with Crippen LogP contribution in [0.1, 0.15) is 0 Å². The third-order valence-electron chi connectivity index (χ3n) is 9.11. The van der Waals surface area contributed by atoms with Crippen molar-refractivity contribution < 1.29 is 0 Å². The van der Waals surface area contributed by atoms with Gasteiger partial charge in [0.2, 0.25) is 0 Å². The third kappa shape index (κ3) is 5.61. The first-order chi connectivity index (χ1) is 24.3. The molecule has 2 heterocycles. The second kappa shape index (κ2) is 12.5. The van der Waals surface area contributed by atoms with Gasteiger partial charge in [-0.05, 0) is 68.8 Å². The standard InChI is InChI=1S/C46H30N2S/c1-4-12-31(13-5-1)33-20-24-35(25-21-33)38-28-39(36-26-22-34(23-27-36)32-14-6-2-7-15-32)30-40(29-38)46-47-43(37-16-8-3-9-17-37)45-44(48-46)41-18-10-11-19-42(41)49-45/h1-30H. The van der Waals surface area contributed by atoms with Crippen molar-refractivity contribution in [3.63, 3.8) is 0 Å². The van der Waals surface area contributed by atoms with Gasteiger partial charge in [0, 0.05) is 21.2 Å². The molecule has 2 nitrogen and oxygen atoms in total. The number of rotatable bonds is 6. The van der Waals surface area contributed by atoms with E-state index in [1.165, 1.54) is 27.0 Å². The fourth-order valence-corrected chi connectivity index (χ4v) is 7.73. The van der Waals surface area contributed by atoms with Crippen LogP contribution in [-0.4, -0.2) is 9.97 Å². The molecule has 9 rings (SSSR count). The van der Waals surface area contributed by atoms with Crippen molar-refractivity contribution in [3.05, 3.63) is 182 Å². The molecule has 0 atom stereocenters. The van der Waals surface area contributed by atoms with Crippen LogP contribution in [0.25, 0.3) is 87.5 Å². The predicted molar refractivity (Wildman–Crippen MR) is 208 cm³/mol. The summed E-state index contributed by atoms with van der Waals surface area (Å²) in [5, 5.41) is 1.16. The second-order valence-electron chi connectivity index (χ2n) is 12.2. The summed E-state index contributed by atoms with van der Waals surface area (Å²) in [6.45, 7) is 0. The van der Waals surface area contributed by atoms with Crippen LogP contribution in [0.3, 0.4) is 0 Å². The number of aromatic nitrogens is 2. The normalized spacial score (nSPS) is 11.3. The highest BCUT2D eigenvalue weighted by Gasteiger charge is 2.18. The van der Waals surface area contributed by atoms with Crippen LogP contribution in [-0.2, 0) is 0 Å². The van der Waals surface area contributed by atoms with Crippen molar-refractivity contribution in [3.8, 4) is 67.2 Å². The first-order valence-corrected chi connectivity index (χ1v) is 17.3. The van der Waals surface area contributed by atoms with E-state index in [2.05, 4.69) is 182 Å². The maximum absolute atomic E-state index is 5.31. The van der Waals surface area contributed by atoms with Crippen LogP contribution in [0.5, 0.6) is 0 Å². The van der Waals surface area contributed by atoms with Gasteiger partial charge in [0.25, 0.3) is 0 Å². The smallest absolute Gasteiger partial charge is 0.160 e. The molecule has 7 aromatic carbocycles. The summed E-state index contributed by atoms with van der Waals surface area (Å²) in [7, 11) is 0. The van der Waals surface area contributed by atoms with Crippen molar-refractivity contribution in [1.29, 1.82) is 0 Å². The van der Waals surface area contributed by atoms with Gasteiger partial charge in [-0.25, -0.2) is 9.97 Å². The van der Waals surface area contributed by atoms with E-state index in [-0.39, 0.29) is 0 Å². The average Bonchev–Trinajstić information content (AvgIpc) is 3.57. The molecule has 49 heavy (non-hydrogen) atoms. The quantitative estimate of drug-likeness (QED) is 0.180. The molecule has 0 amide bonds. The maximum atomic E-state index is 5.31.